The molecule has 1 heterocycles. The molecule has 47 heavy (non-hydrogen) atoms. The summed E-state index contributed by atoms with van der Waals surface area (Å²) in [7, 11) is 0. The first-order chi connectivity index (χ1) is 22.8. The Hall–Kier alpha value is -4.99. The number of benzene rings is 3. The summed E-state index contributed by atoms with van der Waals surface area (Å²) in [5.41, 5.74) is 3.09. The Morgan fingerprint density at radius 1 is 1.04 bits per heavy atom. The van der Waals surface area contributed by atoms with E-state index in [2.05, 4.69) is 54.1 Å². The molecule has 14 heteroatoms. The van der Waals surface area contributed by atoms with Crippen LogP contribution < -0.4 is 16.0 Å². The number of alkyl halides is 1. The van der Waals surface area contributed by atoms with Gasteiger partial charge in [-0.25, -0.2) is 4.39 Å². The van der Waals surface area contributed by atoms with Crippen molar-refractivity contribution in [1.82, 2.24) is 30.8 Å². The van der Waals surface area contributed by atoms with E-state index in [4.69, 9.17) is 4.74 Å². The monoisotopic (exact) mass is 753 g/mol. The Labute approximate surface area is 284 Å². The van der Waals surface area contributed by atoms with Gasteiger partial charge in [0, 0.05) is 41.1 Å². The van der Waals surface area contributed by atoms with Gasteiger partial charge < -0.3 is 20.7 Å². The topological polar surface area (TPSA) is 157 Å². The molecule has 0 spiro atoms. The fourth-order valence-corrected chi connectivity index (χ4v) is 4.99. The predicted octanol–water partition coefficient (Wildman–Crippen LogP) is 4.19. The highest BCUT2D eigenvalue weighted by molar-refractivity contribution is 14.1. The van der Waals surface area contributed by atoms with Gasteiger partial charge in [0.05, 0.1) is 17.9 Å². The number of hydrogen-bond acceptors (Lipinski definition) is 8. The van der Waals surface area contributed by atoms with Gasteiger partial charge in [0.25, 0.3) is 5.91 Å². The minimum absolute atomic E-state index is 0.107. The lowest BCUT2D eigenvalue weighted by Gasteiger charge is -2.18. The molecule has 3 N–H and O–H groups in total. The number of anilines is 1. The molecule has 0 saturated heterocycles. The predicted molar refractivity (Wildman–Crippen MR) is 181 cm³/mol. The molecule has 1 atom stereocenters. The van der Waals surface area contributed by atoms with Crippen LogP contribution >= 0.6 is 22.6 Å². The molecule has 244 valence electrons. The van der Waals surface area contributed by atoms with Crippen molar-refractivity contribution in [2.24, 2.45) is 0 Å². The van der Waals surface area contributed by atoms with Gasteiger partial charge in [0.15, 0.2) is 0 Å². The van der Waals surface area contributed by atoms with Crippen molar-refractivity contribution >= 4 is 58.0 Å². The number of aromatic nitrogens is 4. The third-order valence-corrected chi connectivity index (χ3v) is 7.68. The third kappa shape index (κ3) is 10.5. The number of halogens is 2. The summed E-state index contributed by atoms with van der Waals surface area (Å²) in [5, 5.41) is 19.3. The Bertz CT molecular complexity index is 1720. The van der Waals surface area contributed by atoms with Crippen molar-refractivity contribution in [3.05, 3.63) is 107 Å². The quantitative estimate of drug-likeness (QED) is 0.0537. The first-order valence-electron chi connectivity index (χ1n) is 14.8. The highest BCUT2D eigenvalue weighted by Crippen LogP contribution is 2.20. The zero-order chi connectivity index (χ0) is 33.6. The van der Waals surface area contributed by atoms with Crippen LogP contribution in [0.1, 0.15) is 46.8 Å². The van der Waals surface area contributed by atoms with Gasteiger partial charge in [0.1, 0.15) is 18.2 Å². The van der Waals surface area contributed by atoms with Gasteiger partial charge in [-0.05, 0) is 71.3 Å². The molecule has 3 aromatic carbocycles. The summed E-state index contributed by atoms with van der Waals surface area (Å²) in [6.45, 7) is 2.14. The minimum Gasteiger partial charge on any atom is -0.466 e. The van der Waals surface area contributed by atoms with Crippen LogP contribution in [-0.4, -0.2) is 63.1 Å². The van der Waals surface area contributed by atoms with E-state index in [1.807, 2.05) is 48.5 Å². The first-order valence-corrected chi connectivity index (χ1v) is 16.3. The molecule has 0 aliphatic heterocycles. The lowest BCUT2D eigenvalue weighted by atomic mass is 10.0. The lowest BCUT2D eigenvalue weighted by Crippen LogP contribution is -2.44. The number of esters is 1. The fourth-order valence-electron chi connectivity index (χ4n) is 4.51. The highest BCUT2D eigenvalue weighted by atomic mass is 127. The highest BCUT2D eigenvalue weighted by Gasteiger charge is 2.22. The van der Waals surface area contributed by atoms with E-state index in [-0.39, 0.29) is 43.2 Å². The first kappa shape index (κ1) is 34.9. The Morgan fingerprint density at radius 2 is 1.85 bits per heavy atom. The summed E-state index contributed by atoms with van der Waals surface area (Å²) in [6, 6.07) is 17.5. The van der Waals surface area contributed by atoms with Crippen molar-refractivity contribution in [1.29, 1.82) is 0 Å². The molecule has 0 fully saturated rings. The van der Waals surface area contributed by atoms with Gasteiger partial charge in [0.2, 0.25) is 11.8 Å². The second kappa shape index (κ2) is 17.6. The molecular formula is C33H33FIN7O5. The molecule has 4 rings (SSSR count). The molecule has 3 amide bonds. The van der Waals surface area contributed by atoms with Gasteiger partial charge >= 0.3 is 5.97 Å². The molecule has 12 nitrogen and oxygen atoms in total. The number of carbonyl (C=O) groups is 4. The summed E-state index contributed by atoms with van der Waals surface area (Å²) in [4.78, 5) is 50.5. The SMILES string of the molecule is CCOC(=O)CCCNC(=O)c1ccc(NC(=O)[C@H](Cc2ccccc2)NC(=O)/C=C/c2cc(CI)ccc2-n2cnnn2)cc1F. The van der Waals surface area contributed by atoms with Crippen LogP contribution in [0, 0.1) is 5.82 Å². The van der Waals surface area contributed by atoms with Crippen molar-refractivity contribution in [2.45, 2.75) is 36.7 Å². The zero-order valence-electron chi connectivity index (χ0n) is 25.5. The number of hydrogen-bond donors (Lipinski definition) is 3. The Morgan fingerprint density at radius 3 is 2.55 bits per heavy atom. The van der Waals surface area contributed by atoms with E-state index in [1.165, 1.54) is 29.2 Å². The lowest BCUT2D eigenvalue weighted by molar-refractivity contribution is -0.143. The summed E-state index contributed by atoms with van der Waals surface area (Å²) in [5.74, 6) is -2.97. The van der Waals surface area contributed by atoms with Crippen LogP contribution in [0.15, 0.2) is 79.1 Å². The summed E-state index contributed by atoms with van der Waals surface area (Å²) < 4.78 is 22.0. The molecule has 0 aliphatic rings. The van der Waals surface area contributed by atoms with Crippen molar-refractivity contribution in [3.63, 3.8) is 0 Å². The minimum atomic E-state index is -1.01. The molecule has 0 aliphatic carbocycles. The zero-order valence-corrected chi connectivity index (χ0v) is 27.6. The van der Waals surface area contributed by atoms with E-state index < -0.39 is 29.6 Å². The molecule has 0 saturated carbocycles. The summed E-state index contributed by atoms with van der Waals surface area (Å²) >= 11 is 2.24. The average molecular weight is 754 g/mol. The maximum atomic E-state index is 14.9. The number of nitrogens with zero attached hydrogens (tertiary/aromatic N) is 4. The number of carbonyl (C=O) groups excluding carboxylic acids is 4. The number of ether oxygens (including phenoxy) is 1. The van der Waals surface area contributed by atoms with Crippen LogP contribution in [0.3, 0.4) is 0 Å². The summed E-state index contributed by atoms with van der Waals surface area (Å²) in [6.07, 6.45) is 5.04. The smallest absolute Gasteiger partial charge is 0.305 e. The van der Waals surface area contributed by atoms with E-state index >= 15 is 0 Å². The number of amides is 3. The van der Waals surface area contributed by atoms with Gasteiger partial charge in [-0.15, -0.1) is 5.10 Å². The second-order valence-corrected chi connectivity index (χ2v) is 11.0. The molecule has 0 radical (unpaired) electrons. The van der Waals surface area contributed by atoms with Crippen molar-refractivity contribution in [3.8, 4) is 5.69 Å². The largest absolute Gasteiger partial charge is 0.466 e. The maximum absolute atomic E-state index is 14.9. The van der Waals surface area contributed by atoms with Crippen molar-refractivity contribution < 1.29 is 28.3 Å². The maximum Gasteiger partial charge on any atom is 0.305 e. The molecule has 0 unspecified atom stereocenters. The van der Waals surface area contributed by atoms with Crippen LogP contribution in [0.25, 0.3) is 11.8 Å². The number of tetrazole rings is 1. The molecule has 4 aromatic rings. The molecule has 0 bridgehead atoms. The van der Waals surface area contributed by atoms with E-state index in [1.54, 1.807) is 13.0 Å². The standard InChI is InChI=1S/C33H33FIN7O5/c1-2-47-31(44)9-6-16-36-32(45)26-13-12-25(19-27(26)34)38-33(46)28(18-22-7-4-3-5-8-22)39-30(43)15-11-24-17-23(20-35)10-14-29(24)42-21-37-40-41-42/h3-5,7-8,10-15,17,19,21,28H,2,6,9,16,18,20H2,1H3,(H,36,45)(H,38,46)(H,39,43)/b15-11+/t28-/m0/s1. The van der Waals surface area contributed by atoms with Crippen LogP contribution in [0.4, 0.5) is 10.1 Å². The van der Waals surface area contributed by atoms with Crippen molar-refractivity contribution in [2.75, 3.05) is 18.5 Å². The Kier molecular flexibility index (Phi) is 13.1. The Balaban J connectivity index is 1.44. The number of rotatable bonds is 15. The van der Waals surface area contributed by atoms with E-state index in [0.29, 0.717) is 17.7 Å². The van der Waals surface area contributed by atoms with Crippen LogP contribution in [-0.2, 0) is 30.0 Å². The number of nitrogens with one attached hydrogen (secondary N) is 3. The van der Waals surface area contributed by atoms with Crippen LogP contribution in [0.2, 0.25) is 0 Å². The molecule has 1 aromatic heterocycles. The average Bonchev–Trinajstić information content (AvgIpc) is 3.61. The van der Waals surface area contributed by atoms with Gasteiger partial charge in [-0.2, -0.15) is 4.68 Å². The van der Waals surface area contributed by atoms with Gasteiger partial charge in [-0.1, -0.05) is 59.0 Å². The second-order valence-electron chi connectivity index (χ2n) is 10.2. The van der Waals surface area contributed by atoms with Gasteiger partial charge in [-0.3, -0.25) is 19.2 Å². The van der Waals surface area contributed by atoms with Crippen LogP contribution in [0.5, 0.6) is 0 Å². The van der Waals surface area contributed by atoms with E-state index in [0.717, 1.165) is 21.6 Å². The third-order valence-electron chi connectivity index (χ3n) is 6.80. The van der Waals surface area contributed by atoms with E-state index in [9.17, 15) is 23.6 Å². The molecular weight excluding hydrogens is 720 g/mol. The normalized spacial score (nSPS) is 11.6. The fraction of sp³-hybridized carbons (Fsp3) is 0.242.